The highest BCUT2D eigenvalue weighted by atomic mass is 16.5. The first-order valence-electron chi connectivity index (χ1n) is 5.22. The molecule has 1 aromatic carbocycles. The van der Waals surface area contributed by atoms with Gasteiger partial charge in [0.15, 0.2) is 0 Å². The zero-order chi connectivity index (χ0) is 11.9. The number of methoxy groups -OCH3 is 1. The maximum atomic E-state index is 11.7. The smallest absolute Gasteiger partial charge is 0.340 e. The third-order valence-corrected chi connectivity index (χ3v) is 2.83. The average molecular weight is 217 g/mol. The Morgan fingerprint density at radius 1 is 1.25 bits per heavy atom. The highest BCUT2D eigenvalue weighted by molar-refractivity contribution is 6.06. The number of ether oxygens (including phenoxy) is 1. The third-order valence-electron chi connectivity index (χ3n) is 2.83. The number of esters is 1. The number of rotatable bonds is 1. The van der Waals surface area contributed by atoms with Crippen molar-refractivity contribution in [1.29, 1.82) is 0 Å². The monoisotopic (exact) mass is 217 g/mol. The molecular formula is C13H15NO2. The predicted molar refractivity (Wildman–Crippen MR) is 63.8 cm³/mol. The second kappa shape index (κ2) is 3.67. The van der Waals surface area contributed by atoms with E-state index in [2.05, 4.69) is 11.1 Å². The molecule has 1 aromatic heterocycles. The predicted octanol–water partition coefficient (Wildman–Crippen LogP) is 2.88. The molecule has 1 heterocycles. The van der Waals surface area contributed by atoms with Crippen LogP contribution in [0.2, 0.25) is 0 Å². The number of carbonyl (C=O) groups excluding carboxylic acids is 1. The molecule has 84 valence electrons. The van der Waals surface area contributed by atoms with E-state index in [9.17, 15) is 4.79 Å². The van der Waals surface area contributed by atoms with Crippen molar-refractivity contribution < 1.29 is 9.53 Å². The zero-order valence-electron chi connectivity index (χ0n) is 9.97. The summed E-state index contributed by atoms with van der Waals surface area (Å²) in [6.45, 7) is 5.95. The standard InChI is InChI=1S/C13H15NO2/c1-7-5-8(2)12-10(6-7)11(9(3)14-12)13(15)16-4/h5-6,14H,1-4H3. The number of aromatic amines is 1. The van der Waals surface area contributed by atoms with Crippen molar-refractivity contribution in [3.05, 3.63) is 34.5 Å². The van der Waals surface area contributed by atoms with E-state index in [0.717, 1.165) is 27.7 Å². The quantitative estimate of drug-likeness (QED) is 0.746. The van der Waals surface area contributed by atoms with Crippen molar-refractivity contribution in [2.45, 2.75) is 20.8 Å². The van der Waals surface area contributed by atoms with E-state index in [1.54, 1.807) is 0 Å². The van der Waals surface area contributed by atoms with Crippen LogP contribution in [0.3, 0.4) is 0 Å². The molecule has 0 aliphatic carbocycles. The molecule has 0 aliphatic heterocycles. The molecular weight excluding hydrogens is 202 g/mol. The Kier molecular flexibility index (Phi) is 2.46. The van der Waals surface area contributed by atoms with Gasteiger partial charge in [-0.05, 0) is 32.4 Å². The summed E-state index contributed by atoms with van der Waals surface area (Å²) in [4.78, 5) is 14.9. The lowest BCUT2D eigenvalue weighted by molar-refractivity contribution is 0.0602. The van der Waals surface area contributed by atoms with E-state index in [-0.39, 0.29) is 5.97 Å². The van der Waals surface area contributed by atoms with Gasteiger partial charge in [0, 0.05) is 16.6 Å². The number of aromatic nitrogens is 1. The van der Waals surface area contributed by atoms with Crippen LogP contribution in [0.5, 0.6) is 0 Å². The van der Waals surface area contributed by atoms with E-state index in [1.807, 2.05) is 26.8 Å². The SMILES string of the molecule is COC(=O)c1c(C)[nH]c2c(C)cc(C)cc12. The first kappa shape index (κ1) is 10.7. The molecule has 0 atom stereocenters. The Balaban J connectivity index is 2.83. The molecule has 0 amide bonds. The first-order valence-corrected chi connectivity index (χ1v) is 5.22. The first-order chi connectivity index (χ1) is 7.54. The molecule has 2 rings (SSSR count). The molecule has 1 N–H and O–H groups in total. The van der Waals surface area contributed by atoms with Crippen LogP contribution in [0.1, 0.15) is 27.2 Å². The van der Waals surface area contributed by atoms with Crippen LogP contribution in [-0.2, 0) is 4.74 Å². The molecule has 3 heteroatoms. The topological polar surface area (TPSA) is 42.1 Å². The molecule has 0 unspecified atom stereocenters. The van der Waals surface area contributed by atoms with Gasteiger partial charge in [-0.3, -0.25) is 0 Å². The van der Waals surface area contributed by atoms with Crippen molar-refractivity contribution in [3.63, 3.8) is 0 Å². The van der Waals surface area contributed by atoms with Crippen LogP contribution in [0.15, 0.2) is 12.1 Å². The van der Waals surface area contributed by atoms with Crippen LogP contribution in [-0.4, -0.2) is 18.1 Å². The number of hydrogen-bond acceptors (Lipinski definition) is 2. The van der Waals surface area contributed by atoms with Crippen molar-refractivity contribution in [2.24, 2.45) is 0 Å². The molecule has 2 aromatic rings. The maximum absolute atomic E-state index is 11.7. The number of aryl methyl sites for hydroxylation is 3. The molecule has 0 saturated heterocycles. The van der Waals surface area contributed by atoms with E-state index >= 15 is 0 Å². The Hall–Kier alpha value is -1.77. The van der Waals surface area contributed by atoms with Crippen molar-refractivity contribution >= 4 is 16.9 Å². The van der Waals surface area contributed by atoms with E-state index < -0.39 is 0 Å². The van der Waals surface area contributed by atoms with Gasteiger partial charge >= 0.3 is 5.97 Å². The fraction of sp³-hybridized carbons (Fsp3) is 0.308. The van der Waals surface area contributed by atoms with Crippen LogP contribution >= 0.6 is 0 Å². The van der Waals surface area contributed by atoms with Gasteiger partial charge in [0.25, 0.3) is 0 Å². The third kappa shape index (κ3) is 1.48. The van der Waals surface area contributed by atoms with Gasteiger partial charge in [-0.25, -0.2) is 4.79 Å². The lowest BCUT2D eigenvalue weighted by atomic mass is 10.1. The lowest BCUT2D eigenvalue weighted by Gasteiger charge is -2.01. The van der Waals surface area contributed by atoms with Crippen LogP contribution in [0.25, 0.3) is 10.9 Å². The minimum atomic E-state index is -0.284. The van der Waals surface area contributed by atoms with Gasteiger partial charge < -0.3 is 9.72 Å². The fourth-order valence-electron chi connectivity index (χ4n) is 2.15. The maximum Gasteiger partial charge on any atom is 0.340 e. The summed E-state index contributed by atoms with van der Waals surface area (Å²) in [6, 6.07) is 4.11. The van der Waals surface area contributed by atoms with Crippen molar-refractivity contribution in [3.8, 4) is 0 Å². The van der Waals surface area contributed by atoms with E-state index in [0.29, 0.717) is 5.56 Å². The summed E-state index contributed by atoms with van der Waals surface area (Å²) in [5, 5.41) is 0.946. The molecule has 3 nitrogen and oxygen atoms in total. The second-order valence-electron chi connectivity index (χ2n) is 4.12. The summed E-state index contributed by atoms with van der Waals surface area (Å²) in [7, 11) is 1.41. The van der Waals surface area contributed by atoms with Gasteiger partial charge in [-0.1, -0.05) is 11.6 Å². The van der Waals surface area contributed by atoms with E-state index in [4.69, 9.17) is 4.74 Å². The number of H-pyrrole nitrogens is 1. The second-order valence-corrected chi connectivity index (χ2v) is 4.12. The van der Waals surface area contributed by atoms with Gasteiger partial charge in [0.1, 0.15) is 0 Å². The summed E-state index contributed by atoms with van der Waals surface area (Å²) in [5.41, 5.74) is 4.81. The van der Waals surface area contributed by atoms with Crippen LogP contribution in [0.4, 0.5) is 0 Å². The largest absolute Gasteiger partial charge is 0.465 e. The summed E-state index contributed by atoms with van der Waals surface area (Å²) < 4.78 is 4.80. The Bertz CT molecular complexity index is 567. The van der Waals surface area contributed by atoms with Gasteiger partial charge in [0.05, 0.1) is 12.7 Å². The summed E-state index contributed by atoms with van der Waals surface area (Å²) >= 11 is 0. The normalized spacial score (nSPS) is 10.8. The molecule has 0 aliphatic rings. The average Bonchev–Trinajstić information content (AvgIpc) is 2.54. The van der Waals surface area contributed by atoms with Crippen LogP contribution < -0.4 is 0 Å². The molecule has 0 saturated carbocycles. The Morgan fingerprint density at radius 2 is 1.94 bits per heavy atom. The van der Waals surface area contributed by atoms with Crippen molar-refractivity contribution in [1.82, 2.24) is 4.98 Å². The highest BCUT2D eigenvalue weighted by Crippen LogP contribution is 2.26. The summed E-state index contributed by atoms with van der Waals surface area (Å²) in [6.07, 6.45) is 0. The van der Waals surface area contributed by atoms with Gasteiger partial charge in [-0.15, -0.1) is 0 Å². The number of hydrogen-bond donors (Lipinski definition) is 1. The Labute approximate surface area is 94.4 Å². The molecule has 0 fully saturated rings. The summed E-state index contributed by atoms with van der Waals surface area (Å²) in [5.74, 6) is -0.284. The molecule has 16 heavy (non-hydrogen) atoms. The van der Waals surface area contributed by atoms with Gasteiger partial charge in [-0.2, -0.15) is 0 Å². The zero-order valence-corrected chi connectivity index (χ0v) is 9.97. The number of nitrogens with one attached hydrogen (secondary N) is 1. The van der Waals surface area contributed by atoms with Gasteiger partial charge in [0.2, 0.25) is 0 Å². The fourth-order valence-corrected chi connectivity index (χ4v) is 2.15. The number of benzene rings is 1. The minimum absolute atomic E-state index is 0.284. The molecule has 0 bridgehead atoms. The van der Waals surface area contributed by atoms with Crippen molar-refractivity contribution in [2.75, 3.05) is 7.11 Å². The van der Waals surface area contributed by atoms with E-state index in [1.165, 1.54) is 7.11 Å². The number of fused-ring (bicyclic) bond motifs is 1. The minimum Gasteiger partial charge on any atom is -0.465 e. The van der Waals surface area contributed by atoms with Crippen LogP contribution in [0, 0.1) is 20.8 Å². The highest BCUT2D eigenvalue weighted by Gasteiger charge is 2.17. The lowest BCUT2D eigenvalue weighted by Crippen LogP contribution is -2.02. The molecule has 0 spiro atoms. The molecule has 0 radical (unpaired) electrons. The Morgan fingerprint density at radius 3 is 2.56 bits per heavy atom. The number of carbonyl (C=O) groups is 1.